The van der Waals surface area contributed by atoms with E-state index in [1.807, 2.05) is 36.4 Å². The molecule has 1 aliphatic rings. The van der Waals surface area contributed by atoms with Gasteiger partial charge in [-0.3, -0.25) is 4.79 Å². The number of hydrogen-bond acceptors (Lipinski definition) is 1. The van der Waals surface area contributed by atoms with E-state index < -0.39 is 0 Å². The van der Waals surface area contributed by atoms with Crippen molar-refractivity contribution in [3.63, 3.8) is 0 Å². The second kappa shape index (κ2) is 4.65. The van der Waals surface area contributed by atoms with Gasteiger partial charge in [-0.05, 0) is 23.5 Å². The highest BCUT2D eigenvalue weighted by Crippen LogP contribution is 2.39. The summed E-state index contributed by atoms with van der Waals surface area (Å²) in [6, 6.07) is 16.1. The van der Waals surface area contributed by atoms with Crippen LogP contribution >= 0.6 is 0 Å². The molecule has 0 bridgehead atoms. The van der Waals surface area contributed by atoms with Crippen LogP contribution in [-0.2, 0) is 0 Å². The highest BCUT2D eigenvalue weighted by Gasteiger charge is 2.30. The van der Waals surface area contributed by atoms with Gasteiger partial charge < -0.3 is 0 Å². The number of fused-ring (bicyclic) bond motifs is 2. The Kier molecular flexibility index (Phi) is 2.98. The molecular weight excluding hydrogens is 232 g/mol. The van der Waals surface area contributed by atoms with Gasteiger partial charge in [0, 0.05) is 17.0 Å². The molecule has 2 aromatic carbocycles. The molecule has 3 rings (SSSR count). The monoisotopic (exact) mass is 250 g/mol. The van der Waals surface area contributed by atoms with Gasteiger partial charge in [-0.1, -0.05) is 62.4 Å². The van der Waals surface area contributed by atoms with Crippen molar-refractivity contribution in [2.45, 2.75) is 26.2 Å². The average molecular weight is 250 g/mol. The molecule has 1 nitrogen and oxygen atoms in total. The second-order valence-corrected chi connectivity index (χ2v) is 5.69. The third-order valence-corrected chi connectivity index (χ3v) is 3.87. The molecule has 2 aromatic rings. The largest absolute Gasteiger partial charge is 0.289 e. The van der Waals surface area contributed by atoms with Crippen molar-refractivity contribution >= 4 is 5.78 Å². The lowest BCUT2D eigenvalue weighted by atomic mass is 9.74. The minimum atomic E-state index is 0.172. The summed E-state index contributed by atoms with van der Waals surface area (Å²) in [4.78, 5) is 12.5. The van der Waals surface area contributed by atoms with Gasteiger partial charge in [-0.2, -0.15) is 0 Å². The smallest absolute Gasteiger partial charge is 0.193 e. The van der Waals surface area contributed by atoms with Crippen LogP contribution in [0, 0.1) is 5.92 Å². The first-order chi connectivity index (χ1) is 9.18. The molecule has 0 unspecified atom stereocenters. The maximum atomic E-state index is 12.5. The Balaban J connectivity index is 2.20. The molecule has 96 valence electrons. The minimum Gasteiger partial charge on any atom is -0.289 e. The van der Waals surface area contributed by atoms with Crippen LogP contribution in [0.5, 0.6) is 0 Å². The number of hydrogen-bond donors (Lipinski definition) is 0. The average Bonchev–Trinajstić information content (AvgIpc) is 2.43. The normalized spacial score (nSPS) is 14.4. The molecule has 0 amide bonds. The molecule has 0 spiro atoms. The van der Waals surface area contributed by atoms with Gasteiger partial charge in [-0.15, -0.1) is 0 Å². The molecule has 0 fully saturated rings. The van der Waals surface area contributed by atoms with Crippen LogP contribution in [-0.4, -0.2) is 5.78 Å². The molecule has 0 saturated carbocycles. The Morgan fingerprint density at radius 1 is 0.895 bits per heavy atom. The van der Waals surface area contributed by atoms with Crippen molar-refractivity contribution in [1.82, 2.24) is 0 Å². The van der Waals surface area contributed by atoms with Gasteiger partial charge >= 0.3 is 0 Å². The highest BCUT2D eigenvalue weighted by atomic mass is 16.1. The van der Waals surface area contributed by atoms with Crippen molar-refractivity contribution in [3.8, 4) is 0 Å². The first-order valence-electron chi connectivity index (χ1n) is 6.91. The van der Waals surface area contributed by atoms with Gasteiger partial charge in [0.2, 0.25) is 0 Å². The Morgan fingerprint density at radius 2 is 1.37 bits per heavy atom. The molecule has 0 aliphatic heterocycles. The van der Waals surface area contributed by atoms with E-state index in [-0.39, 0.29) is 5.78 Å². The lowest BCUT2D eigenvalue weighted by molar-refractivity contribution is 0.103. The molecule has 0 saturated heterocycles. The quantitative estimate of drug-likeness (QED) is 0.771. The third-order valence-electron chi connectivity index (χ3n) is 3.87. The van der Waals surface area contributed by atoms with Crippen molar-refractivity contribution in [1.29, 1.82) is 0 Å². The number of carbonyl (C=O) groups excluding carboxylic acids is 1. The molecule has 0 aromatic heterocycles. The zero-order chi connectivity index (χ0) is 13.4. The topological polar surface area (TPSA) is 17.1 Å². The van der Waals surface area contributed by atoms with Crippen molar-refractivity contribution in [2.75, 3.05) is 0 Å². The lowest BCUT2D eigenvalue weighted by Gasteiger charge is -2.28. The molecule has 19 heavy (non-hydrogen) atoms. The first kappa shape index (κ1) is 12.2. The lowest BCUT2D eigenvalue weighted by Crippen LogP contribution is -2.20. The predicted molar refractivity (Wildman–Crippen MR) is 77.6 cm³/mol. The summed E-state index contributed by atoms with van der Waals surface area (Å²) in [5, 5.41) is 0. The van der Waals surface area contributed by atoms with Gasteiger partial charge in [0.25, 0.3) is 0 Å². The fourth-order valence-electron chi connectivity index (χ4n) is 3.05. The van der Waals surface area contributed by atoms with Crippen LogP contribution in [0.25, 0.3) is 0 Å². The number of rotatable bonds is 2. The van der Waals surface area contributed by atoms with E-state index in [4.69, 9.17) is 0 Å². The van der Waals surface area contributed by atoms with Crippen LogP contribution in [0.4, 0.5) is 0 Å². The van der Waals surface area contributed by atoms with E-state index in [1.165, 1.54) is 11.1 Å². The minimum absolute atomic E-state index is 0.172. The molecule has 0 atom stereocenters. The van der Waals surface area contributed by atoms with Crippen LogP contribution < -0.4 is 0 Å². The number of carbonyl (C=O) groups is 1. The molecule has 0 N–H and O–H groups in total. The Labute approximate surface area is 114 Å². The van der Waals surface area contributed by atoms with Crippen LogP contribution in [0.3, 0.4) is 0 Å². The predicted octanol–water partition coefficient (Wildman–Crippen LogP) is 4.41. The second-order valence-electron chi connectivity index (χ2n) is 5.69. The van der Waals surface area contributed by atoms with Gasteiger partial charge in [0.15, 0.2) is 5.78 Å². The highest BCUT2D eigenvalue weighted by molar-refractivity contribution is 6.12. The zero-order valence-corrected chi connectivity index (χ0v) is 11.4. The Morgan fingerprint density at radius 3 is 1.84 bits per heavy atom. The van der Waals surface area contributed by atoms with Crippen molar-refractivity contribution in [3.05, 3.63) is 70.8 Å². The summed E-state index contributed by atoms with van der Waals surface area (Å²) in [5.74, 6) is 1.13. The number of ketones is 1. The van der Waals surface area contributed by atoms with Gasteiger partial charge in [0.05, 0.1) is 0 Å². The Bertz CT molecular complexity index is 576. The van der Waals surface area contributed by atoms with Crippen LogP contribution in [0.2, 0.25) is 0 Å². The summed E-state index contributed by atoms with van der Waals surface area (Å²) in [6.07, 6.45) is 1.08. The first-order valence-corrected chi connectivity index (χ1v) is 6.91. The fourth-order valence-corrected chi connectivity index (χ4v) is 3.05. The van der Waals surface area contributed by atoms with Crippen LogP contribution in [0.1, 0.15) is 53.2 Å². The summed E-state index contributed by atoms with van der Waals surface area (Å²) in [6.45, 7) is 4.48. The van der Waals surface area contributed by atoms with E-state index >= 15 is 0 Å². The maximum absolute atomic E-state index is 12.5. The summed E-state index contributed by atoms with van der Waals surface area (Å²) >= 11 is 0. The van der Waals surface area contributed by atoms with E-state index in [1.54, 1.807) is 0 Å². The maximum Gasteiger partial charge on any atom is 0.193 e. The zero-order valence-electron chi connectivity index (χ0n) is 11.4. The van der Waals surface area contributed by atoms with Crippen molar-refractivity contribution < 1.29 is 4.79 Å². The summed E-state index contributed by atoms with van der Waals surface area (Å²) < 4.78 is 0. The van der Waals surface area contributed by atoms with Crippen molar-refractivity contribution in [2.24, 2.45) is 5.92 Å². The number of benzene rings is 2. The third kappa shape index (κ3) is 1.99. The molecule has 1 heteroatoms. The molecule has 0 heterocycles. The van der Waals surface area contributed by atoms with Crippen LogP contribution in [0.15, 0.2) is 48.5 Å². The van der Waals surface area contributed by atoms with Gasteiger partial charge in [-0.25, -0.2) is 0 Å². The summed E-state index contributed by atoms with van der Waals surface area (Å²) in [5.41, 5.74) is 4.15. The fraction of sp³-hybridized carbons (Fsp3) is 0.278. The van der Waals surface area contributed by atoms with E-state index in [2.05, 4.69) is 26.0 Å². The van der Waals surface area contributed by atoms with E-state index in [0.717, 1.165) is 17.5 Å². The molecule has 0 radical (unpaired) electrons. The van der Waals surface area contributed by atoms with E-state index in [0.29, 0.717) is 11.8 Å². The standard InChI is InChI=1S/C18H18O/c1-12(2)11-17-13-7-3-5-9-15(13)18(19)16-10-6-4-8-14(16)17/h3-10,12,17H,11H2,1-2H3. The van der Waals surface area contributed by atoms with Gasteiger partial charge in [0.1, 0.15) is 0 Å². The van der Waals surface area contributed by atoms with E-state index in [9.17, 15) is 4.79 Å². The SMILES string of the molecule is CC(C)CC1c2ccccc2C(=O)c2ccccc21. The Hall–Kier alpha value is -1.89. The molecule has 1 aliphatic carbocycles. The summed E-state index contributed by atoms with van der Waals surface area (Å²) in [7, 11) is 0. The molecular formula is C18H18O.